The number of nitrogens with zero attached hydrogens (tertiary/aromatic N) is 3. The zero-order valence-corrected chi connectivity index (χ0v) is 21.7. The fraction of sp³-hybridized carbons (Fsp3) is 0.160. The standard InChI is InChI=1S/C25H24FN7O2S2/c1-15-3-8-20(26)24-23(15)19(16(2)31-24)9-10-27-21-13-22(30-14-29-21)32-17-4-6-18(7-5-17)37(34,35)33-25-28-11-12-36-25/h3-8,11-14,31H,9-10H2,1-2H3,(H,28,33)(H2,27,29,30,32). The van der Waals surface area contributed by atoms with Gasteiger partial charge in [0, 0.05) is 41.0 Å². The normalized spacial score (nSPS) is 11.5. The lowest BCUT2D eigenvalue weighted by Gasteiger charge is -2.10. The summed E-state index contributed by atoms with van der Waals surface area (Å²) in [6, 6.07) is 11.4. The third-order valence-electron chi connectivity index (χ3n) is 5.87. The Balaban J connectivity index is 1.23. The van der Waals surface area contributed by atoms with Crippen LogP contribution in [0, 0.1) is 19.7 Å². The van der Waals surface area contributed by atoms with E-state index in [0.717, 1.165) is 22.2 Å². The molecule has 0 fully saturated rings. The molecule has 0 atom stereocenters. The topological polar surface area (TPSA) is 125 Å². The number of benzene rings is 2. The molecule has 37 heavy (non-hydrogen) atoms. The van der Waals surface area contributed by atoms with E-state index >= 15 is 0 Å². The van der Waals surface area contributed by atoms with Crippen molar-refractivity contribution < 1.29 is 12.8 Å². The van der Waals surface area contributed by atoms with Gasteiger partial charge in [-0.05, 0) is 61.7 Å². The molecule has 0 aliphatic rings. The summed E-state index contributed by atoms with van der Waals surface area (Å²) in [4.78, 5) is 15.8. The smallest absolute Gasteiger partial charge is 0.263 e. The van der Waals surface area contributed by atoms with Gasteiger partial charge in [-0.3, -0.25) is 4.72 Å². The minimum atomic E-state index is -3.72. The van der Waals surface area contributed by atoms with Gasteiger partial charge in [0.1, 0.15) is 23.8 Å². The Labute approximate surface area is 217 Å². The summed E-state index contributed by atoms with van der Waals surface area (Å²) < 4.78 is 41.7. The van der Waals surface area contributed by atoms with Crippen LogP contribution < -0.4 is 15.4 Å². The van der Waals surface area contributed by atoms with Gasteiger partial charge in [-0.25, -0.2) is 27.8 Å². The van der Waals surface area contributed by atoms with Crippen molar-refractivity contribution in [3.8, 4) is 0 Å². The summed E-state index contributed by atoms with van der Waals surface area (Å²) in [5.74, 6) is 0.927. The number of aromatic nitrogens is 4. The van der Waals surface area contributed by atoms with Gasteiger partial charge in [-0.15, -0.1) is 11.3 Å². The highest BCUT2D eigenvalue weighted by molar-refractivity contribution is 7.93. The van der Waals surface area contributed by atoms with Crippen LogP contribution in [0.1, 0.15) is 16.8 Å². The van der Waals surface area contributed by atoms with Crippen molar-refractivity contribution in [3.05, 3.63) is 83.0 Å². The number of rotatable bonds is 9. The van der Waals surface area contributed by atoms with Gasteiger partial charge in [-0.2, -0.15) is 0 Å². The zero-order chi connectivity index (χ0) is 26.0. The van der Waals surface area contributed by atoms with E-state index in [1.807, 2.05) is 13.8 Å². The van der Waals surface area contributed by atoms with Crippen molar-refractivity contribution in [1.29, 1.82) is 0 Å². The fourth-order valence-electron chi connectivity index (χ4n) is 4.11. The Hall–Kier alpha value is -4.03. The third-order valence-corrected chi connectivity index (χ3v) is 8.04. The average molecular weight is 538 g/mol. The maximum absolute atomic E-state index is 14.2. The molecular weight excluding hydrogens is 513 g/mol. The van der Waals surface area contributed by atoms with Crippen LogP contribution in [0.3, 0.4) is 0 Å². The van der Waals surface area contributed by atoms with E-state index in [1.54, 1.807) is 29.6 Å². The highest BCUT2D eigenvalue weighted by Gasteiger charge is 2.16. The number of nitrogens with one attached hydrogen (secondary N) is 4. The summed E-state index contributed by atoms with van der Waals surface area (Å²) in [7, 11) is -3.72. The summed E-state index contributed by atoms with van der Waals surface area (Å²) in [6.07, 6.45) is 3.66. The van der Waals surface area contributed by atoms with Crippen LogP contribution in [0.25, 0.3) is 10.9 Å². The van der Waals surface area contributed by atoms with Crippen LogP contribution in [0.4, 0.5) is 26.8 Å². The number of aromatic amines is 1. The first-order valence-corrected chi connectivity index (χ1v) is 13.8. The molecule has 3 aromatic heterocycles. The Morgan fingerprint density at radius 3 is 2.57 bits per heavy atom. The molecule has 4 N–H and O–H groups in total. The number of hydrogen-bond donors (Lipinski definition) is 4. The molecule has 190 valence electrons. The number of hydrogen-bond acceptors (Lipinski definition) is 8. The van der Waals surface area contributed by atoms with Crippen molar-refractivity contribution >= 4 is 54.7 Å². The average Bonchev–Trinajstić information content (AvgIpc) is 3.50. The second kappa shape index (κ2) is 10.1. The third kappa shape index (κ3) is 5.39. The molecule has 0 unspecified atom stereocenters. The quantitative estimate of drug-likeness (QED) is 0.199. The van der Waals surface area contributed by atoms with Crippen LogP contribution in [-0.2, 0) is 16.4 Å². The van der Waals surface area contributed by atoms with Crippen molar-refractivity contribution in [2.45, 2.75) is 25.2 Å². The van der Waals surface area contributed by atoms with Crippen molar-refractivity contribution in [2.75, 3.05) is 21.9 Å². The van der Waals surface area contributed by atoms with Crippen LogP contribution >= 0.6 is 11.3 Å². The molecule has 0 saturated carbocycles. The first-order chi connectivity index (χ1) is 17.8. The Morgan fingerprint density at radius 1 is 1.03 bits per heavy atom. The monoisotopic (exact) mass is 537 g/mol. The van der Waals surface area contributed by atoms with Gasteiger partial charge in [0.2, 0.25) is 0 Å². The minimum Gasteiger partial charge on any atom is -0.370 e. The Bertz CT molecular complexity index is 1650. The second-order valence-electron chi connectivity index (χ2n) is 8.40. The lowest BCUT2D eigenvalue weighted by molar-refractivity contribution is 0.601. The van der Waals surface area contributed by atoms with E-state index in [1.165, 1.54) is 42.1 Å². The van der Waals surface area contributed by atoms with E-state index < -0.39 is 10.0 Å². The molecule has 0 saturated heterocycles. The number of anilines is 4. The molecule has 0 aliphatic heterocycles. The molecule has 5 rings (SSSR count). The SMILES string of the molecule is Cc1[nH]c2c(F)ccc(C)c2c1CCNc1cc(Nc2ccc(S(=O)(=O)Nc3nccs3)cc2)ncn1. The number of fused-ring (bicyclic) bond motifs is 1. The van der Waals surface area contributed by atoms with E-state index in [2.05, 4.69) is 35.3 Å². The highest BCUT2D eigenvalue weighted by Crippen LogP contribution is 2.28. The van der Waals surface area contributed by atoms with E-state index in [-0.39, 0.29) is 10.7 Å². The molecule has 9 nitrogen and oxygen atoms in total. The van der Waals surface area contributed by atoms with E-state index in [0.29, 0.717) is 40.9 Å². The summed E-state index contributed by atoms with van der Waals surface area (Å²) in [5, 5.41) is 9.38. The van der Waals surface area contributed by atoms with Crippen LogP contribution in [0.5, 0.6) is 0 Å². The van der Waals surface area contributed by atoms with E-state index in [4.69, 9.17) is 0 Å². The van der Waals surface area contributed by atoms with Gasteiger partial charge < -0.3 is 15.6 Å². The number of halogens is 1. The van der Waals surface area contributed by atoms with Gasteiger partial charge in [0.05, 0.1) is 10.4 Å². The van der Waals surface area contributed by atoms with Crippen LogP contribution in [-0.4, -0.2) is 34.9 Å². The van der Waals surface area contributed by atoms with Crippen LogP contribution in [0.2, 0.25) is 0 Å². The van der Waals surface area contributed by atoms with Gasteiger partial charge in [0.15, 0.2) is 5.13 Å². The molecule has 0 bridgehead atoms. The molecule has 12 heteroatoms. The Morgan fingerprint density at radius 2 is 1.81 bits per heavy atom. The molecule has 0 aliphatic carbocycles. The predicted octanol–water partition coefficient (Wildman–Crippen LogP) is 5.37. The summed E-state index contributed by atoms with van der Waals surface area (Å²) in [5.41, 5.74) is 4.26. The fourth-order valence-corrected chi connectivity index (χ4v) is 5.90. The van der Waals surface area contributed by atoms with Crippen molar-refractivity contribution in [2.24, 2.45) is 0 Å². The zero-order valence-electron chi connectivity index (χ0n) is 20.0. The maximum Gasteiger partial charge on any atom is 0.263 e. The number of thiazole rings is 1. The highest BCUT2D eigenvalue weighted by atomic mass is 32.2. The molecule has 0 radical (unpaired) electrons. The molecule has 2 aromatic carbocycles. The van der Waals surface area contributed by atoms with Crippen molar-refractivity contribution in [3.63, 3.8) is 0 Å². The molecule has 0 spiro atoms. The molecule has 5 aromatic rings. The number of sulfonamides is 1. The van der Waals surface area contributed by atoms with Gasteiger partial charge in [-0.1, -0.05) is 6.07 Å². The number of H-pyrrole nitrogens is 1. The number of aryl methyl sites for hydroxylation is 2. The molecule has 0 amide bonds. The lowest BCUT2D eigenvalue weighted by Crippen LogP contribution is -2.12. The van der Waals surface area contributed by atoms with Crippen molar-refractivity contribution in [1.82, 2.24) is 19.9 Å². The summed E-state index contributed by atoms with van der Waals surface area (Å²) in [6.45, 7) is 4.53. The second-order valence-corrected chi connectivity index (χ2v) is 11.0. The first-order valence-electron chi connectivity index (χ1n) is 11.4. The molecular formula is C25H24FN7O2S2. The Kier molecular flexibility index (Phi) is 6.76. The predicted molar refractivity (Wildman–Crippen MR) is 145 cm³/mol. The van der Waals surface area contributed by atoms with Gasteiger partial charge >= 0.3 is 0 Å². The minimum absolute atomic E-state index is 0.126. The molecule has 3 heterocycles. The summed E-state index contributed by atoms with van der Waals surface area (Å²) >= 11 is 1.21. The largest absolute Gasteiger partial charge is 0.370 e. The maximum atomic E-state index is 14.2. The van der Waals surface area contributed by atoms with E-state index in [9.17, 15) is 12.8 Å². The van der Waals surface area contributed by atoms with Gasteiger partial charge in [0.25, 0.3) is 10.0 Å². The lowest BCUT2D eigenvalue weighted by atomic mass is 10.0. The first kappa shape index (κ1) is 24.7. The van der Waals surface area contributed by atoms with Crippen LogP contribution in [0.15, 0.2) is 65.3 Å².